The maximum Gasteiger partial charge on any atom is 0.213 e. The third-order valence-electron chi connectivity index (χ3n) is 4.04. The molecule has 1 saturated heterocycles. The van der Waals surface area contributed by atoms with E-state index in [1.807, 2.05) is 20.8 Å². The molecule has 0 aromatic heterocycles. The average molecular weight is 278 g/mol. The highest BCUT2D eigenvalue weighted by Gasteiger charge is 2.47. The van der Waals surface area contributed by atoms with Crippen LogP contribution in [0.5, 0.6) is 0 Å². The number of β-amino-alcohol motifs (C(OH)–C–C–N with tert-alkyl or cyclic N) is 1. The summed E-state index contributed by atoms with van der Waals surface area (Å²) < 4.78 is 24.5. The van der Waals surface area contributed by atoms with Gasteiger partial charge in [-0.15, -0.1) is 0 Å². The molecule has 1 heterocycles. The van der Waals surface area contributed by atoms with Gasteiger partial charge in [-0.3, -0.25) is 4.90 Å². The fourth-order valence-corrected chi connectivity index (χ4v) is 3.10. The van der Waals surface area contributed by atoms with Crippen molar-refractivity contribution in [3.05, 3.63) is 0 Å². The van der Waals surface area contributed by atoms with Crippen LogP contribution in [0.2, 0.25) is 0 Å². The average Bonchev–Trinajstić information content (AvgIpc) is 2.34. The Labute approximate surface area is 111 Å². The van der Waals surface area contributed by atoms with Crippen LogP contribution < -0.4 is 0 Å². The van der Waals surface area contributed by atoms with E-state index in [1.165, 1.54) is 4.31 Å². The van der Waals surface area contributed by atoms with Crippen LogP contribution in [0.25, 0.3) is 0 Å². The van der Waals surface area contributed by atoms with Crippen molar-refractivity contribution < 1.29 is 13.5 Å². The van der Waals surface area contributed by atoms with Gasteiger partial charge in [0.25, 0.3) is 0 Å². The lowest BCUT2D eigenvalue weighted by atomic mass is 9.79. The Balaban J connectivity index is 2.44. The monoisotopic (exact) mass is 278 g/mol. The van der Waals surface area contributed by atoms with E-state index in [0.717, 1.165) is 6.54 Å². The number of aliphatic hydroxyl groups is 1. The lowest BCUT2D eigenvalue weighted by molar-refractivity contribution is -0.0109. The van der Waals surface area contributed by atoms with E-state index >= 15 is 0 Å². The summed E-state index contributed by atoms with van der Waals surface area (Å²) in [6.45, 7) is 8.08. The first-order chi connectivity index (χ1) is 7.98. The highest BCUT2D eigenvalue weighted by molar-refractivity contribution is 7.89. The van der Waals surface area contributed by atoms with E-state index in [1.54, 1.807) is 14.1 Å². The minimum atomic E-state index is -3.10. The maximum absolute atomic E-state index is 11.6. The quantitative estimate of drug-likeness (QED) is 0.789. The van der Waals surface area contributed by atoms with Gasteiger partial charge in [-0.05, 0) is 19.9 Å². The zero-order chi connectivity index (χ0) is 14.2. The van der Waals surface area contributed by atoms with Crippen molar-refractivity contribution in [3.63, 3.8) is 0 Å². The molecule has 0 spiro atoms. The van der Waals surface area contributed by atoms with Gasteiger partial charge in [0.15, 0.2) is 0 Å². The summed E-state index contributed by atoms with van der Waals surface area (Å²) in [5.74, 6) is 0.166. The molecule has 1 aliphatic heterocycles. The molecule has 1 atom stereocenters. The molecular formula is C12H26N2O3S. The SMILES string of the molecule is CN(C)S(=O)(=O)CCCN1CC(C)(C)[C@](C)(O)C1. The van der Waals surface area contributed by atoms with Gasteiger partial charge < -0.3 is 5.11 Å². The van der Waals surface area contributed by atoms with Crippen LogP contribution in [0.15, 0.2) is 0 Å². The minimum Gasteiger partial charge on any atom is -0.388 e. The molecule has 0 aliphatic carbocycles. The second-order valence-corrected chi connectivity index (χ2v) is 8.62. The van der Waals surface area contributed by atoms with Gasteiger partial charge in [-0.25, -0.2) is 12.7 Å². The number of nitrogens with zero attached hydrogens (tertiary/aromatic N) is 2. The molecule has 0 aromatic rings. The fraction of sp³-hybridized carbons (Fsp3) is 1.00. The molecule has 1 aliphatic rings. The van der Waals surface area contributed by atoms with Gasteiger partial charge >= 0.3 is 0 Å². The first-order valence-electron chi connectivity index (χ1n) is 6.33. The van der Waals surface area contributed by atoms with Crippen molar-refractivity contribution >= 4 is 10.0 Å². The van der Waals surface area contributed by atoms with Crippen molar-refractivity contribution in [2.45, 2.75) is 32.8 Å². The third kappa shape index (κ3) is 3.44. The third-order valence-corrected chi connectivity index (χ3v) is 5.96. The first kappa shape index (κ1) is 15.9. The summed E-state index contributed by atoms with van der Waals surface area (Å²) in [6, 6.07) is 0. The van der Waals surface area contributed by atoms with Gasteiger partial charge in [0.05, 0.1) is 11.4 Å². The predicted octanol–water partition coefficient (Wildman–Crippen LogP) is 0.361. The number of sulfonamides is 1. The van der Waals surface area contributed by atoms with Gasteiger partial charge in [0.1, 0.15) is 0 Å². The molecule has 5 nitrogen and oxygen atoms in total. The molecule has 0 unspecified atom stereocenters. The Kier molecular flexibility index (Phi) is 4.48. The summed E-state index contributed by atoms with van der Waals surface area (Å²) >= 11 is 0. The standard InChI is InChI=1S/C12H26N2O3S/c1-11(2)9-14(10-12(11,3)15)7-6-8-18(16,17)13(4)5/h15H,6-10H2,1-5H3/t12-/m1/s1. The van der Waals surface area contributed by atoms with Crippen LogP contribution in [-0.4, -0.2) is 67.8 Å². The summed E-state index contributed by atoms with van der Waals surface area (Å²) in [5, 5.41) is 10.3. The topological polar surface area (TPSA) is 60.9 Å². The Morgan fingerprint density at radius 3 is 2.17 bits per heavy atom. The summed E-state index contributed by atoms with van der Waals surface area (Å²) in [6.07, 6.45) is 0.604. The van der Waals surface area contributed by atoms with Gasteiger partial charge in [0.2, 0.25) is 10.0 Å². The molecule has 108 valence electrons. The van der Waals surface area contributed by atoms with Crippen molar-refractivity contribution in [3.8, 4) is 0 Å². The molecule has 1 N–H and O–H groups in total. The number of hydrogen-bond donors (Lipinski definition) is 1. The lowest BCUT2D eigenvalue weighted by Gasteiger charge is -2.31. The lowest BCUT2D eigenvalue weighted by Crippen LogP contribution is -2.40. The Morgan fingerprint density at radius 1 is 1.22 bits per heavy atom. The van der Waals surface area contributed by atoms with Crippen molar-refractivity contribution in [1.29, 1.82) is 0 Å². The van der Waals surface area contributed by atoms with E-state index in [9.17, 15) is 13.5 Å². The van der Waals surface area contributed by atoms with E-state index in [0.29, 0.717) is 19.5 Å². The number of likely N-dealkylation sites (tertiary alicyclic amines) is 1. The zero-order valence-corrected chi connectivity index (χ0v) is 12.9. The van der Waals surface area contributed by atoms with Gasteiger partial charge in [0, 0.05) is 32.6 Å². The number of hydrogen-bond acceptors (Lipinski definition) is 4. The maximum atomic E-state index is 11.6. The highest BCUT2D eigenvalue weighted by atomic mass is 32.2. The molecule has 6 heteroatoms. The van der Waals surface area contributed by atoms with Crippen molar-refractivity contribution in [2.75, 3.05) is 39.5 Å². The molecule has 18 heavy (non-hydrogen) atoms. The van der Waals surface area contributed by atoms with Crippen LogP contribution in [0.1, 0.15) is 27.2 Å². The fourth-order valence-electron chi connectivity index (χ4n) is 2.25. The van der Waals surface area contributed by atoms with Crippen molar-refractivity contribution in [2.24, 2.45) is 5.41 Å². The molecule has 0 aromatic carbocycles. The Hall–Kier alpha value is -0.170. The number of rotatable bonds is 5. The Bertz CT molecular complexity index is 372. The zero-order valence-electron chi connectivity index (χ0n) is 12.1. The summed E-state index contributed by atoms with van der Waals surface area (Å²) in [5.41, 5.74) is -0.846. The Morgan fingerprint density at radius 2 is 1.78 bits per heavy atom. The van der Waals surface area contributed by atoms with E-state index in [2.05, 4.69) is 4.90 Å². The largest absolute Gasteiger partial charge is 0.388 e. The van der Waals surface area contributed by atoms with Crippen LogP contribution >= 0.6 is 0 Å². The smallest absolute Gasteiger partial charge is 0.213 e. The van der Waals surface area contributed by atoms with Crippen LogP contribution in [-0.2, 0) is 10.0 Å². The second kappa shape index (κ2) is 5.07. The molecular weight excluding hydrogens is 252 g/mol. The molecule has 0 amide bonds. The van der Waals surface area contributed by atoms with Gasteiger partial charge in [-0.2, -0.15) is 0 Å². The molecule has 0 saturated carbocycles. The first-order valence-corrected chi connectivity index (χ1v) is 7.94. The minimum absolute atomic E-state index is 0.145. The molecule has 1 rings (SSSR count). The van der Waals surface area contributed by atoms with Crippen LogP contribution in [0, 0.1) is 5.41 Å². The summed E-state index contributed by atoms with van der Waals surface area (Å²) in [7, 11) is 0.00607. The van der Waals surface area contributed by atoms with E-state index in [-0.39, 0.29) is 11.2 Å². The highest BCUT2D eigenvalue weighted by Crippen LogP contribution is 2.38. The van der Waals surface area contributed by atoms with Gasteiger partial charge in [-0.1, -0.05) is 13.8 Å². The second-order valence-electron chi connectivity index (χ2n) is 6.32. The van der Waals surface area contributed by atoms with E-state index in [4.69, 9.17) is 0 Å². The van der Waals surface area contributed by atoms with E-state index < -0.39 is 15.6 Å². The molecule has 0 bridgehead atoms. The molecule has 1 fully saturated rings. The normalized spacial score (nSPS) is 29.1. The molecule has 0 radical (unpaired) electrons. The van der Waals surface area contributed by atoms with Crippen LogP contribution in [0.4, 0.5) is 0 Å². The summed E-state index contributed by atoms with van der Waals surface area (Å²) in [4.78, 5) is 2.14. The van der Waals surface area contributed by atoms with Crippen LogP contribution in [0.3, 0.4) is 0 Å². The predicted molar refractivity (Wildman–Crippen MR) is 72.9 cm³/mol. The van der Waals surface area contributed by atoms with Crippen molar-refractivity contribution in [1.82, 2.24) is 9.21 Å².